The van der Waals surface area contributed by atoms with Crippen LogP contribution in [-0.4, -0.2) is 46.8 Å². The van der Waals surface area contributed by atoms with Gasteiger partial charge in [-0.25, -0.2) is 4.79 Å². The molecule has 2 heterocycles. The van der Waals surface area contributed by atoms with Crippen LogP contribution in [0.3, 0.4) is 0 Å². The quantitative estimate of drug-likeness (QED) is 0.447. The molecule has 1 saturated heterocycles. The SMILES string of the molecule is CC(C)OC(=O)O[C@H](C(=O)NCc1ccc2c(c1)CN(C1CCC(=O)NC1=O)C2=O)c1ccccc1. The highest BCUT2D eigenvalue weighted by Crippen LogP contribution is 2.28. The molecule has 36 heavy (non-hydrogen) atoms. The van der Waals surface area contributed by atoms with Gasteiger partial charge in [0.25, 0.3) is 11.8 Å². The lowest BCUT2D eigenvalue weighted by molar-refractivity contribution is -0.137. The molecule has 0 spiro atoms. The Morgan fingerprint density at radius 1 is 1.08 bits per heavy atom. The molecule has 188 valence electrons. The second-order valence-electron chi connectivity index (χ2n) is 8.93. The van der Waals surface area contributed by atoms with Crippen LogP contribution >= 0.6 is 0 Å². The van der Waals surface area contributed by atoms with E-state index >= 15 is 0 Å². The lowest BCUT2D eigenvalue weighted by Gasteiger charge is -2.29. The Labute approximate surface area is 207 Å². The smallest absolute Gasteiger partial charge is 0.432 e. The number of hydrogen-bond donors (Lipinski definition) is 2. The number of nitrogens with zero attached hydrogens (tertiary/aromatic N) is 1. The summed E-state index contributed by atoms with van der Waals surface area (Å²) in [6.45, 7) is 3.72. The van der Waals surface area contributed by atoms with Gasteiger partial charge in [0.15, 0.2) is 0 Å². The molecule has 1 unspecified atom stereocenters. The number of nitrogens with one attached hydrogen (secondary N) is 2. The van der Waals surface area contributed by atoms with E-state index in [4.69, 9.17) is 9.47 Å². The molecular formula is C26H27N3O7. The minimum atomic E-state index is -1.20. The third kappa shape index (κ3) is 5.54. The van der Waals surface area contributed by atoms with E-state index in [9.17, 15) is 24.0 Å². The van der Waals surface area contributed by atoms with Crippen molar-refractivity contribution in [3.63, 3.8) is 0 Å². The van der Waals surface area contributed by atoms with E-state index < -0.39 is 36.2 Å². The molecule has 2 aliphatic rings. The number of imide groups is 1. The molecule has 2 aromatic rings. The molecule has 2 atom stereocenters. The van der Waals surface area contributed by atoms with Crippen molar-refractivity contribution in [1.29, 1.82) is 0 Å². The molecule has 10 nitrogen and oxygen atoms in total. The summed E-state index contributed by atoms with van der Waals surface area (Å²) in [6.07, 6.45) is -2.07. The fourth-order valence-corrected chi connectivity index (χ4v) is 4.24. The highest BCUT2D eigenvalue weighted by molar-refractivity contribution is 6.05. The summed E-state index contributed by atoms with van der Waals surface area (Å²) in [4.78, 5) is 63.0. The van der Waals surface area contributed by atoms with Crippen molar-refractivity contribution in [3.8, 4) is 0 Å². The largest absolute Gasteiger partial charge is 0.509 e. The second-order valence-corrected chi connectivity index (χ2v) is 8.93. The zero-order valence-electron chi connectivity index (χ0n) is 20.0. The van der Waals surface area contributed by atoms with Crippen LogP contribution in [0, 0.1) is 0 Å². The lowest BCUT2D eigenvalue weighted by Crippen LogP contribution is -2.52. The summed E-state index contributed by atoms with van der Waals surface area (Å²) in [5.74, 6) is -1.60. The summed E-state index contributed by atoms with van der Waals surface area (Å²) in [5, 5.41) is 5.05. The Bertz CT molecular complexity index is 1200. The summed E-state index contributed by atoms with van der Waals surface area (Å²) in [5.41, 5.74) is 2.44. The van der Waals surface area contributed by atoms with E-state index in [1.54, 1.807) is 62.4 Å². The van der Waals surface area contributed by atoms with Crippen molar-refractivity contribution in [1.82, 2.24) is 15.5 Å². The molecule has 2 N–H and O–H groups in total. The minimum Gasteiger partial charge on any atom is -0.432 e. The van der Waals surface area contributed by atoms with Gasteiger partial charge < -0.3 is 19.7 Å². The zero-order chi connectivity index (χ0) is 25.8. The van der Waals surface area contributed by atoms with Gasteiger partial charge in [0.1, 0.15) is 6.04 Å². The van der Waals surface area contributed by atoms with Crippen molar-refractivity contribution in [2.24, 2.45) is 0 Å². The number of fused-ring (bicyclic) bond motifs is 1. The Balaban J connectivity index is 1.43. The molecule has 0 bridgehead atoms. The number of carbonyl (C=O) groups is 5. The van der Waals surface area contributed by atoms with E-state index in [1.807, 2.05) is 0 Å². The van der Waals surface area contributed by atoms with Gasteiger partial charge in [0, 0.05) is 30.6 Å². The Kier molecular flexibility index (Phi) is 7.33. The van der Waals surface area contributed by atoms with Crippen molar-refractivity contribution >= 4 is 29.8 Å². The third-order valence-corrected chi connectivity index (χ3v) is 5.94. The van der Waals surface area contributed by atoms with E-state index in [0.717, 1.165) is 11.1 Å². The van der Waals surface area contributed by atoms with Crippen LogP contribution in [-0.2, 0) is 36.9 Å². The first-order valence-corrected chi connectivity index (χ1v) is 11.7. The van der Waals surface area contributed by atoms with Gasteiger partial charge in [0.2, 0.25) is 17.9 Å². The fourth-order valence-electron chi connectivity index (χ4n) is 4.24. The van der Waals surface area contributed by atoms with Crippen LogP contribution in [0.1, 0.15) is 59.8 Å². The number of amides is 4. The van der Waals surface area contributed by atoms with Gasteiger partial charge >= 0.3 is 6.16 Å². The van der Waals surface area contributed by atoms with Crippen molar-refractivity contribution in [3.05, 3.63) is 70.8 Å². The molecule has 4 rings (SSSR count). The molecular weight excluding hydrogens is 466 g/mol. The number of rotatable bonds is 7. The Morgan fingerprint density at radius 3 is 2.53 bits per heavy atom. The van der Waals surface area contributed by atoms with Gasteiger partial charge in [0.05, 0.1) is 6.10 Å². The van der Waals surface area contributed by atoms with E-state index in [2.05, 4.69) is 10.6 Å². The highest BCUT2D eigenvalue weighted by atomic mass is 16.7. The topological polar surface area (TPSA) is 131 Å². The van der Waals surface area contributed by atoms with Gasteiger partial charge in [-0.1, -0.05) is 42.5 Å². The third-order valence-electron chi connectivity index (χ3n) is 5.94. The summed E-state index contributed by atoms with van der Waals surface area (Å²) < 4.78 is 10.3. The van der Waals surface area contributed by atoms with Crippen LogP contribution in [0.5, 0.6) is 0 Å². The first-order chi connectivity index (χ1) is 17.2. The Morgan fingerprint density at radius 2 is 1.83 bits per heavy atom. The molecule has 0 radical (unpaired) electrons. The number of piperidine rings is 1. The van der Waals surface area contributed by atoms with E-state index in [1.165, 1.54) is 4.90 Å². The van der Waals surface area contributed by atoms with Crippen LogP contribution in [0.2, 0.25) is 0 Å². The van der Waals surface area contributed by atoms with E-state index in [-0.39, 0.29) is 37.7 Å². The van der Waals surface area contributed by atoms with Gasteiger partial charge in [-0.05, 0) is 37.5 Å². The molecule has 4 amide bonds. The molecule has 2 aromatic carbocycles. The molecule has 0 aliphatic carbocycles. The highest BCUT2D eigenvalue weighted by Gasteiger charge is 2.39. The van der Waals surface area contributed by atoms with Crippen LogP contribution in [0.4, 0.5) is 4.79 Å². The summed E-state index contributed by atoms with van der Waals surface area (Å²) in [7, 11) is 0. The van der Waals surface area contributed by atoms with Crippen LogP contribution in [0.15, 0.2) is 48.5 Å². The first-order valence-electron chi connectivity index (χ1n) is 11.7. The molecule has 10 heteroatoms. The maximum atomic E-state index is 13.0. The first kappa shape index (κ1) is 24.9. The van der Waals surface area contributed by atoms with E-state index in [0.29, 0.717) is 11.1 Å². The van der Waals surface area contributed by atoms with Crippen LogP contribution < -0.4 is 10.6 Å². The van der Waals surface area contributed by atoms with Gasteiger partial charge in [-0.15, -0.1) is 0 Å². The number of ether oxygens (including phenoxy) is 2. The fraction of sp³-hybridized carbons (Fsp3) is 0.346. The zero-order valence-corrected chi connectivity index (χ0v) is 20.0. The molecule has 0 aromatic heterocycles. The van der Waals surface area contributed by atoms with Crippen LogP contribution in [0.25, 0.3) is 0 Å². The normalized spacial score (nSPS) is 17.9. The van der Waals surface area contributed by atoms with Crippen molar-refractivity contribution in [2.45, 2.75) is 58.0 Å². The number of benzene rings is 2. The second kappa shape index (κ2) is 10.6. The maximum absolute atomic E-state index is 13.0. The Hall–Kier alpha value is -4.21. The van der Waals surface area contributed by atoms with Gasteiger partial charge in [-0.3, -0.25) is 24.5 Å². The molecule has 0 saturated carbocycles. The van der Waals surface area contributed by atoms with Crippen molar-refractivity contribution in [2.75, 3.05) is 0 Å². The molecule has 1 fully saturated rings. The standard InChI is InChI=1S/C26H27N3O7/c1-15(2)35-26(34)36-22(17-6-4-3-5-7-17)24(32)27-13-16-8-9-19-18(12-16)14-29(25(19)33)20-10-11-21(30)28-23(20)31/h3-9,12,15,20,22H,10-11,13-14H2,1-2H3,(H,27,32)(H,28,30,31)/t20?,22-/m0/s1. The molecule has 2 aliphatic heterocycles. The average molecular weight is 494 g/mol. The number of carbonyl (C=O) groups excluding carboxylic acids is 5. The average Bonchev–Trinajstić information content (AvgIpc) is 3.16. The summed E-state index contributed by atoms with van der Waals surface area (Å²) >= 11 is 0. The lowest BCUT2D eigenvalue weighted by atomic mass is 10.0. The number of hydrogen-bond acceptors (Lipinski definition) is 7. The maximum Gasteiger partial charge on any atom is 0.509 e. The predicted octanol–water partition coefficient (Wildman–Crippen LogP) is 2.37. The summed E-state index contributed by atoms with van der Waals surface area (Å²) in [6, 6.07) is 13.1. The monoisotopic (exact) mass is 493 g/mol. The van der Waals surface area contributed by atoms with Gasteiger partial charge in [-0.2, -0.15) is 0 Å². The van der Waals surface area contributed by atoms with Crippen molar-refractivity contribution < 1.29 is 33.4 Å². The predicted molar refractivity (Wildman–Crippen MR) is 126 cm³/mol. The minimum absolute atomic E-state index is 0.130.